The zero-order chi connectivity index (χ0) is 21.3. The highest BCUT2D eigenvalue weighted by Crippen LogP contribution is 2.38. The monoisotopic (exact) mass is 442 g/mol. The lowest BCUT2D eigenvalue weighted by Gasteiger charge is -2.12. The van der Waals surface area contributed by atoms with E-state index >= 15 is 0 Å². The number of carbonyl (C=O) groups excluding carboxylic acids is 2. The quantitative estimate of drug-likeness (QED) is 0.647. The van der Waals surface area contributed by atoms with Crippen molar-refractivity contribution in [2.24, 2.45) is 0 Å². The molecular formula is C21H19ClN4O3S. The fourth-order valence-electron chi connectivity index (χ4n) is 3.51. The molecule has 2 heterocycles. The number of thiophene rings is 1. The third-order valence-corrected chi connectivity index (χ3v) is 6.39. The van der Waals surface area contributed by atoms with E-state index in [2.05, 4.69) is 15.7 Å². The average molecular weight is 443 g/mol. The van der Waals surface area contributed by atoms with E-state index in [1.807, 2.05) is 0 Å². The normalized spacial score (nSPS) is 12.9. The van der Waals surface area contributed by atoms with Crippen molar-refractivity contribution >= 4 is 39.8 Å². The number of hydrogen-bond acceptors (Lipinski definition) is 5. The average Bonchev–Trinajstić information content (AvgIpc) is 3.11. The minimum atomic E-state index is -0.653. The van der Waals surface area contributed by atoms with E-state index in [0.29, 0.717) is 21.3 Å². The Bertz CT molecular complexity index is 1200. The van der Waals surface area contributed by atoms with Gasteiger partial charge < -0.3 is 10.6 Å². The molecule has 0 atom stereocenters. The summed E-state index contributed by atoms with van der Waals surface area (Å²) >= 11 is 7.42. The molecule has 0 spiro atoms. The van der Waals surface area contributed by atoms with Crippen LogP contribution >= 0.6 is 22.9 Å². The topological polar surface area (TPSA) is 93.1 Å². The molecule has 0 aliphatic heterocycles. The molecule has 2 aromatic heterocycles. The van der Waals surface area contributed by atoms with Gasteiger partial charge in [-0.05, 0) is 49.4 Å². The van der Waals surface area contributed by atoms with Crippen molar-refractivity contribution in [1.82, 2.24) is 15.1 Å². The van der Waals surface area contributed by atoms with Crippen LogP contribution in [0.1, 0.15) is 44.1 Å². The maximum absolute atomic E-state index is 12.9. The number of fused-ring (bicyclic) bond motifs is 1. The van der Waals surface area contributed by atoms with Gasteiger partial charge in [0.1, 0.15) is 5.00 Å². The zero-order valence-corrected chi connectivity index (χ0v) is 17.8. The van der Waals surface area contributed by atoms with E-state index in [-0.39, 0.29) is 11.6 Å². The molecule has 0 fully saturated rings. The molecule has 0 bridgehead atoms. The number of nitrogens with zero attached hydrogens (tertiary/aromatic N) is 2. The van der Waals surface area contributed by atoms with Gasteiger partial charge in [0, 0.05) is 29.2 Å². The number of hydrogen-bond donors (Lipinski definition) is 2. The Kier molecular flexibility index (Phi) is 5.69. The fourth-order valence-corrected chi connectivity index (χ4v) is 4.98. The van der Waals surface area contributed by atoms with Crippen molar-refractivity contribution in [2.45, 2.75) is 25.7 Å². The van der Waals surface area contributed by atoms with Gasteiger partial charge in [-0.3, -0.25) is 14.4 Å². The van der Waals surface area contributed by atoms with Crippen LogP contribution in [0.4, 0.5) is 5.00 Å². The molecule has 154 valence electrons. The van der Waals surface area contributed by atoms with Crippen molar-refractivity contribution in [3.63, 3.8) is 0 Å². The lowest BCUT2D eigenvalue weighted by atomic mass is 9.95. The number of carbonyl (C=O) groups is 2. The predicted molar refractivity (Wildman–Crippen MR) is 117 cm³/mol. The van der Waals surface area contributed by atoms with Crippen molar-refractivity contribution < 1.29 is 9.59 Å². The van der Waals surface area contributed by atoms with Crippen molar-refractivity contribution in [3.8, 4) is 5.69 Å². The van der Waals surface area contributed by atoms with E-state index in [1.165, 1.54) is 28.3 Å². The van der Waals surface area contributed by atoms with Gasteiger partial charge in [-0.1, -0.05) is 17.7 Å². The third-order valence-electron chi connectivity index (χ3n) is 4.95. The summed E-state index contributed by atoms with van der Waals surface area (Å²) in [6.45, 7) is 0. The largest absolute Gasteiger partial charge is 0.355 e. The Labute approximate surface area is 181 Å². The SMILES string of the molecule is CNC(=O)c1c(NC(=O)c2nn(-c3cccc(Cl)c3)ccc2=O)sc2c1CCCC2. The molecule has 30 heavy (non-hydrogen) atoms. The van der Waals surface area contributed by atoms with E-state index < -0.39 is 11.3 Å². The highest BCUT2D eigenvalue weighted by Gasteiger charge is 2.26. The molecular weight excluding hydrogens is 424 g/mol. The molecule has 2 N–H and O–H groups in total. The van der Waals surface area contributed by atoms with Gasteiger partial charge in [-0.15, -0.1) is 11.3 Å². The van der Waals surface area contributed by atoms with Crippen LogP contribution in [-0.4, -0.2) is 28.6 Å². The molecule has 1 aliphatic carbocycles. The summed E-state index contributed by atoms with van der Waals surface area (Å²) in [7, 11) is 1.56. The number of aromatic nitrogens is 2. The first-order chi connectivity index (χ1) is 14.5. The van der Waals surface area contributed by atoms with E-state index in [9.17, 15) is 14.4 Å². The van der Waals surface area contributed by atoms with Crippen LogP contribution < -0.4 is 16.1 Å². The van der Waals surface area contributed by atoms with E-state index in [0.717, 1.165) is 36.1 Å². The Hall–Kier alpha value is -2.97. The standard InChI is InChI=1S/C21H19ClN4O3S/c1-23-19(28)17-14-7-2-3-8-16(14)30-21(17)24-20(29)18-15(27)9-10-26(25-18)13-6-4-5-12(22)11-13/h4-6,9-11H,2-3,7-8H2,1H3,(H,23,28)(H,24,29). The molecule has 0 saturated heterocycles. The highest BCUT2D eigenvalue weighted by molar-refractivity contribution is 7.17. The summed E-state index contributed by atoms with van der Waals surface area (Å²) in [6, 6.07) is 8.20. The summed E-state index contributed by atoms with van der Waals surface area (Å²) in [5.41, 5.74) is 1.32. The smallest absolute Gasteiger partial charge is 0.280 e. The van der Waals surface area contributed by atoms with Gasteiger partial charge >= 0.3 is 0 Å². The lowest BCUT2D eigenvalue weighted by molar-refractivity contribution is 0.0963. The van der Waals surface area contributed by atoms with Crippen molar-refractivity contribution in [3.05, 3.63) is 73.5 Å². The minimum Gasteiger partial charge on any atom is -0.355 e. The molecule has 9 heteroatoms. The second kappa shape index (κ2) is 8.41. The summed E-state index contributed by atoms with van der Waals surface area (Å²) < 4.78 is 1.42. The number of nitrogens with one attached hydrogen (secondary N) is 2. The van der Waals surface area contributed by atoms with Gasteiger partial charge in [-0.2, -0.15) is 5.10 Å². The molecule has 1 aromatic carbocycles. The van der Waals surface area contributed by atoms with Crippen LogP contribution in [-0.2, 0) is 12.8 Å². The minimum absolute atomic E-state index is 0.248. The first kappa shape index (κ1) is 20.3. The first-order valence-corrected chi connectivity index (χ1v) is 10.7. The number of amides is 2. The number of rotatable bonds is 4. The molecule has 0 radical (unpaired) electrons. The van der Waals surface area contributed by atoms with Gasteiger partial charge in [0.05, 0.1) is 11.3 Å². The summed E-state index contributed by atoms with van der Waals surface area (Å²) in [6.07, 6.45) is 5.22. The van der Waals surface area contributed by atoms with Crippen LogP contribution in [0, 0.1) is 0 Å². The molecule has 0 saturated carbocycles. The molecule has 3 aromatic rings. The van der Waals surface area contributed by atoms with Crippen molar-refractivity contribution in [1.29, 1.82) is 0 Å². The van der Waals surface area contributed by atoms with Crippen LogP contribution in [0.5, 0.6) is 0 Å². The summed E-state index contributed by atoms with van der Waals surface area (Å²) in [5.74, 6) is -0.901. The molecule has 2 amide bonds. The number of benzene rings is 1. The Balaban J connectivity index is 1.70. The first-order valence-electron chi connectivity index (χ1n) is 9.52. The molecule has 0 unspecified atom stereocenters. The maximum atomic E-state index is 12.9. The van der Waals surface area contributed by atoms with Crippen LogP contribution in [0.2, 0.25) is 5.02 Å². The number of aryl methyl sites for hydroxylation is 1. The van der Waals surface area contributed by atoms with Gasteiger partial charge in [0.15, 0.2) is 5.69 Å². The van der Waals surface area contributed by atoms with Crippen molar-refractivity contribution in [2.75, 3.05) is 12.4 Å². The van der Waals surface area contributed by atoms with Gasteiger partial charge in [-0.25, -0.2) is 4.68 Å². The van der Waals surface area contributed by atoms with E-state index in [4.69, 9.17) is 11.6 Å². The molecule has 7 nitrogen and oxygen atoms in total. The van der Waals surface area contributed by atoms with Crippen LogP contribution in [0.15, 0.2) is 41.3 Å². The summed E-state index contributed by atoms with van der Waals surface area (Å²) in [5, 5.41) is 10.5. The van der Waals surface area contributed by atoms with Gasteiger partial charge in [0.2, 0.25) is 5.43 Å². The Morgan fingerprint density at radius 3 is 2.73 bits per heavy atom. The zero-order valence-electron chi connectivity index (χ0n) is 16.2. The van der Waals surface area contributed by atoms with E-state index in [1.54, 1.807) is 31.3 Å². The second-order valence-corrected chi connectivity index (χ2v) is 8.44. The fraction of sp³-hybridized carbons (Fsp3) is 0.238. The van der Waals surface area contributed by atoms with Gasteiger partial charge in [0.25, 0.3) is 11.8 Å². The Morgan fingerprint density at radius 1 is 1.17 bits per heavy atom. The highest BCUT2D eigenvalue weighted by atomic mass is 35.5. The Morgan fingerprint density at radius 2 is 1.97 bits per heavy atom. The maximum Gasteiger partial charge on any atom is 0.280 e. The molecule has 4 rings (SSSR count). The van der Waals surface area contributed by atoms with Crippen LogP contribution in [0.25, 0.3) is 5.69 Å². The lowest BCUT2D eigenvalue weighted by Crippen LogP contribution is -2.27. The molecule has 1 aliphatic rings. The third kappa shape index (κ3) is 3.88. The van der Waals surface area contributed by atoms with Crippen LogP contribution in [0.3, 0.4) is 0 Å². The second-order valence-electron chi connectivity index (χ2n) is 6.90. The predicted octanol–water partition coefficient (Wildman–Crippen LogP) is 3.44. The number of anilines is 1. The number of halogens is 1. The summed E-state index contributed by atoms with van der Waals surface area (Å²) in [4.78, 5) is 38.8.